The van der Waals surface area contributed by atoms with Gasteiger partial charge in [0.25, 0.3) is 5.91 Å². The summed E-state index contributed by atoms with van der Waals surface area (Å²) in [4.78, 5) is 51.0. The maximum Gasteiger partial charge on any atom is 0.343 e. The van der Waals surface area contributed by atoms with E-state index in [2.05, 4.69) is 15.4 Å². The Morgan fingerprint density at radius 2 is 2.04 bits per heavy atom. The largest absolute Gasteiger partial charge is 0.465 e. The number of halogens is 2. The standard InChI is InChI=1S/C17H15Cl2N3O5/c1-27-17(26)13-12(23)7-11(22-5-4-20-16(25)14(13)22)15(24)21-10-3-2-8(18)6-9(10)19/h2-3,6,11H,4-5,7H2,1H3,(H,20,25)(H,21,24)/t11-/m0/s1. The van der Waals surface area contributed by atoms with Gasteiger partial charge in [0, 0.05) is 24.5 Å². The molecule has 10 heteroatoms. The van der Waals surface area contributed by atoms with Crippen molar-refractivity contribution in [1.82, 2.24) is 10.2 Å². The van der Waals surface area contributed by atoms with Crippen molar-refractivity contribution < 1.29 is 23.9 Å². The van der Waals surface area contributed by atoms with Gasteiger partial charge in [-0.1, -0.05) is 23.2 Å². The summed E-state index contributed by atoms with van der Waals surface area (Å²) >= 11 is 11.9. The van der Waals surface area contributed by atoms with Crippen molar-refractivity contribution in [3.8, 4) is 0 Å². The van der Waals surface area contributed by atoms with Gasteiger partial charge in [-0.3, -0.25) is 14.4 Å². The SMILES string of the molecule is COC(=O)C1=C2C(=O)NCCN2[C@H](C(=O)Nc2ccc(Cl)cc2Cl)CC1=O. The van der Waals surface area contributed by atoms with Crippen LogP contribution in [0.1, 0.15) is 6.42 Å². The molecule has 0 aromatic heterocycles. The van der Waals surface area contributed by atoms with Crippen molar-refractivity contribution in [2.24, 2.45) is 0 Å². The van der Waals surface area contributed by atoms with E-state index in [-0.39, 0.29) is 35.8 Å². The van der Waals surface area contributed by atoms with E-state index >= 15 is 0 Å². The molecule has 2 heterocycles. The molecule has 0 bridgehead atoms. The molecule has 1 aromatic carbocycles. The molecule has 0 aliphatic carbocycles. The second-order valence-electron chi connectivity index (χ2n) is 5.92. The zero-order valence-corrected chi connectivity index (χ0v) is 15.7. The van der Waals surface area contributed by atoms with Crippen LogP contribution in [0.4, 0.5) is 5.69 Å². The number of esters is 1. The number of carbonyl (C=O) groups excluding carboxylic acids is 4. The molecule has 0 unspecified atom stereocenters. The van der Waals surface area contributed by atoms with Gasteiger partial charge in [0.15, 0.2) is 5.78 Å². The number of carbonyl (C=O) groups is 4. The van der Waals surface area contributed by atoms with Gasteiger partial charge in [0.05, 0.1) is 17.8 Å². The van der Waals surface area contributed by atoms with Crippen LogP contribution in [0.25, 0.3) is 0 Å². The van der Waals surface area contributed by atoms with Crippen LogP contribution in [0.2, 0.25) is 10.0 Å². The normalized spacial score (nSPS) is 19.4. The van der Waals surface area contributed by atoms with Crippen molar-refractivity contribution >= 4 is 52.5 Å². The van der Waals surface area contributed by atoms with E-state index in [1.54, 1.807) is 6.07 Å². The number of nitrogens with one attached hydrogen (secondary N) is 2. The highest BCUT2D eigenvalue weighted by Gasteiger charge is 2.44. The Morgan fingerprint density at radius 3 is 2.70 bits per heavy atom. The van der Waals surface area contributed by atoms with Crippen LogP contribution in [0, 0.1) is 0 Å². The Morgan fingerprint density at radius 1 is 1.30 bits per heavy atom. The molecular weight excluding hydrogens is 397 g/mol. The Hall–Kier alpha value is -2.58. The molecule has 27 heavy (non-hydrogen) atoms. The van der Waals surface area contributed by atoms with Gasteiger partial charge >= 0.3 is 5.97 Å². The lowest BCUT2D eigenvalue weighted by molar-refractivity contribution is -0.141. The van der Waals surface area contributed by atoms with Crippen molar-refractivity contribution in [1.29, 1.82) is 0 Å². The zero-order chi connectivity index (χ0) is 19.7. The van der Waals surface area contributed by atoms with Gasteiger partial charge < -0.3 is 20.3 Å². The molecule has 1 fully saturated rings. The second-order valence-corrected chi connectivity index (χ2v) is 6.76. The summed E-state index contributed by atoms with van der Waals surface area (Å²) < 4.78 is 4.62. The molecule has 1 aromatic rings. The molecule has 0 radical (unpaired) electrons. The topological polar surface area (TPSA) is 105 Å². The van der Waals surface area contributed by atoms with Crippen LogP contribution in [0.15, 0.2) is 29.5 Å². The highest BCUT2D eigenvalue weighted by atomic mass is 35.5. The minimum atomic E-state index is -0.960. The fourth-order valence-electron chi connectivity index (χ4n) is 3.06. The van der Waals surface area contributed by atoms with E-state index in [0.29, 0.717) is 10.7 Å². The van der Waals surface area contributed by atoms with Gasteiger partial charge in [-0.15, -0.1) is 0 Å². The van der Waals surface area contributed by atoms with Crippen molar-refractivity contribution in [3.63, 3.8) is 0 Å². The number of ether oxygens (including phenoxy) is 1. The predicted octanol–water partition coefficient (Wildman–Crippen LogP) is 1.13. The van der Waals surface area contributed by atoms with E-state index in [4.69, 9.17) is 23.2 Å². The average Bonchev–Trinajstić information content (AvgIpc) is 2.63. The van der Waals surface area contributed by atoms with Gasteiger partial charge in [-0.25, -0.2) is 4.79 Å². The minimum Gasteiger partial charge on any atom is -0.465 e. The van der Waals surface area contributed by atoms with E-state index in [1.165, 1.54) is 17.0 Å². The number of amides is 2. The van der Waals surface area contributed by atoms with E-state index in [1.807, 2.05) is 0 Å². The summed E-state index contributed by atoms with van der Waals surface area (Å²) in [6.45, 7) is 0.539. The quantitative estimate of drug-likeness (QED) is 0.570. The number of hydrogen-bond donors (Lipinski definition) is 2. The van der Waals surface area contributed by atoms with Crippen molar-refractivity contribution in [3.05, 3.63) is 39.5 Å². The molecule has 3 rings (SSSR count). The fourth-order valence-corrected chi connectivity index (χ4v) is 3.51. The first-order valence-electron chi connectivity index (χ1n) is 8.00. The first-order valence-corrected chi connectivity index (χ1v) is 8.75. The number of ketones is 1. The maximum atomic E-state index is 12.8. The molecule has 1 saturated heterocycles. The van der Waals surface area contributed by atoms with Crippen LogP contribution < -0.4 is 10.6 Å². The fraction of sp³-hybridized carbons (Fsp3) is 0.294. The van der Waals surface area contributed by atoms with E-state index in [9.17, 15) is 19.2 Å². The molecule has 142 valence electrons. The number of fused-ring (bicyclic) bond motifs is 1. The Labute approximate surface area is 164 Å². The smallest absolute Gasteiger partial charge is 0.343 e. The molecule has 0 spiro atoms. The van der Waals surface area contributed by atoms with Gasteiger partial charge in [0.2, 0.25) is 5.91 Å². The summed E-state index contributed by atoms with van der Waals surface area (Å²) in [6.07, 6.45) is -0.266. The van der Waals surface area contributed by atoms with Gasteiger partial charge in [0.1, 0.15) is 17.3 Å². The third-order valence-electron chi connectivity index (χ3n) is 4.29. The molecule has 0 saturated carbocycles. The number of rotatable bonds is 3. The Kier molecular flexibility index (Phi) is 5.38. The van der Waals surface area contributed by atoms with Crippen LogP contribution in [-0.2, 0) is 23.9 Å². The summed E-state index contributed by atoms with van der Waals surface area (Å²) in [5, 5.41) is 5.85. The molecule has 1 atom stereocenters. The Balaban J connectivity index is 1.94. The lowest BCUT2D eigenvalue weighted by atomic mass is 9.92. The van der Waals surface area contributed by atoms with E-state index < -0.39 is 29.6 Å². The Bertz CT molecular complexity index is 883. The highest BCUT2D eigenvalue weighted by molar-refractivity contribution is 6.36. The van der Waals surface area contributed by atoms with Gasteiger partial charge in [-0.2, -0.15) is 0 Å². The number of piperazine rings is 1. The summed E-state index contributed by atoms with van der Waals surface area (Å²) in [6, 6.07) is 3.61. The van der Waals surface area contributed by atoms with Crippen LogP contribution in [-0.4, -0.2) is 54.7 Å². The highest BCUT2D eigenvalue weighted by Crippen LogP contribution is 2.30. The third kappa shape index (κ3) is 3.63. The van der Waals surface area contributed by atoms with Crippen LogP contribution in [0.5, 0.6) is 0 Å². The second kappa shape index (κ2) is 7.58. The number of nitrogens with zero attached hydrogens (tertiary/aromatic N) is 1. The van der Waals surface area contributed by atoms with Crippen LogP contribution in [0.3, 0.4) is 0 Å². The van der Waals surface area contributed by atoms with Crippen molar-refractivity contribution in [2.45, 2.75) is 12.5 Å². The maximum absolute atomic E-state index is 12.8. The van der Waals surface area contributed by atoms with Gasteiger partial charge in [-0.05, 0) is 18.2 Å². The summed E-state index contributed by atoms with van der Waals surface area (Å²) in [7, 11) is 1.12. The average molecular weight is 412 g/mol. The number of benzene rings is 1. The minimum absolute atomic E-state index is 0.147. The number of hydrogen-bond acceptors (Lipinski definition) is 6. The molecule has 2 aliphatic rings. The first kappa shape index (κ1) is 19.2. The molecular formula is C17H15Cl2N3O5. The number of methoxy groups -OCH3 is 1. The zero-order valence-electron chi connectivity index (χ0n) is 14.2. The summed E-state index contributed by atoms with van der Waals surface area (Å²) in [5.74, 6) is -2.66. The number of Topliss-reactive ketones (excluding diaryl/α,β-unsaturated/α-hetero) is 1. The lowest BCUT2D eigenvalue weighted by Gasteiger charge is -2.40. The molecule has 2 N–H and O–H groups in total. The van der Waals surface area contributed by atoms with E-state index in [0.717, 1.165) is 7.11 Å². The third-order valence-corrected chi connectivity index (χ3v) is 4.84. The molecule has 2 amide bonds. The first-order chi connectivity index (χ1) is 12.8. The van der Waals surface area contributed by atoms with Crippen molar-refractivity contribution in [2.75, 3.05) is 25.5 Å². The lowest BCUT2D eigenvalue weighted by Crippen LogP contribution is -2.57. The summed E-state index contributed by atoms with van der Waals surface area (Å²) in [5.41, 5.74) is -0.167. The van der Waals surface area contributed by atoms with Crippen LogP contribution >= 0.6 is 23.2 Å². The number of anilines is 1. The molecule has 2 aliphatic heterocycles. The molecule has 8 nitrogen and oxygen atoms in total. The monoisotopic (exact) mass is 411 g/mol. The predicted molar refractivity (Wildman–Crippen MR) is 97.3 cm³/mol.